The van der Waals surface area contributed by atoms with Crippen LogP contribution in [-0.2, 0) is 22.1 Å². The number of ether oxygens (including phenoxy) is 1. The molecule has 3 aromatic rings. The van der Waals surface area contributed by atoms with Crippen molar-refractivity contribution < 1.29 is 32.6 Å². The average Bonchev–Trinajstić information content (AvgIpc) is 2.92. The second kappa shape index (κ2) is 11.9. The van der Waals surface area contributed by atoms with Gasteiger partial charge in [-0.2, -0.15) is 13.2 Å². The van der Waals surface area contributed by atoms with Crippen LogP contribution in [0.1, 0.15) is 46.7 Å². The summed E-state index contributed by atoms with van der Waals surface area (Å²) in [6.45, 7) is 0.937. The van der Waals surface area contributed by atoms with Crippen molar-refractivity contribution in [3.8, 4) is 11.8 Å². The minimum atomic E-state index is -4.72. The molecule has 1 fully saturated rings. The highest BCUT2D eigenvalue weighted by Crippen LogP contribution is 2.32. The van der Waals surface area contributed by atoms with E-state index in [9.17, 15) is 22.8 Å². The number of amides is 1. The highest BCUT2D eigenvalue weighted by Gasteiger charge is 2.35. The maximum absolute atomic E-state index is 13.7. The highest BCUT2D eigenvalue weighted by molar-refractivity contribution is 5.73. The summed E-state index contributed by atoms with van der Waals surface area (Å²) >= 11 is 0. The Morgan fingerprint density at radius 2 is 1.79 bits per heavy atom. The summed E-state index contributed by atoms with van der Waals surface area (Å²) in [5.74, 6) is 4.87. The molecule has 8 nitrogen and oxygen atoms in total. The lowest BCUT2D eigenvalue weighted by molar-refractivity contribution is -0.140. The zero-order valence-electron chi connectivity index (χ0n) is 21.0. The molecule has 1 saturated heterocycles. The molecular weight excluding hydrogens is 513 g/mol. The predicted octanol–water partition coefficient (Wildman–Crippen LogP) is 5.21. The number of hydrogen-bond donors (Lipinski definition) is 2. The Morgan fingerprint density at radius 3 is 2.44 bits per heavy atom. The Balaban J connectivity index is 1.54. The lowest BCUT2D eigenvalue weighted by Gasteiger charge is -2.30. The van der Waals surface area contributed by atoms with Crippen molar-refractivity contribution in [1.82, 2.24) is 14.9 Å². The number of nitrogens with one attached hydrogen (secondary N) is 1. The summed E-state index contributed by atoms with van der Waals surface area (Å²) in [4.78, 5) is 32.0. The molecule has 1 amide bonds. The molecule has 0 bridgehead atoms. The summed E-state index contributed by atoms with van der Waals surface area (Å²) in [5, 5.41) is 12.0. The van der Waals surface area contributed by atoms with E-state index in [0.717, 1.165) is 5.56 Å². The lowest BCUT2D eigenvalue weighted by atomic mass is 9.89. The van der Waals surface area contributed by atoms with Crippen molar-refractivity contribution in [1.29, 1.82) is 0 Å². The molecule has 1 aliphatic heterocycles. The Hall–Kier alpha value is -4.59. The number of aromatic nitrogens is 2. The smallest absolute Gasteiger partial charge is 0.420 e. The minimum absolute atomic E-state index is 0.0577. The molecule has 1 aromatic heterocycles. The van der Waals surface area contributed by atoms with Crippen LogP contribution >= 0.6 is 0 Å². The number of methoxy groups -OCH3 is 1. The van der Waals surface area contributed by atoms with Crippen LogP contribution in [0.5, 0.6) is 0 Å². The first kappa shape index (κ1) is 27.4. The fourth-order valence-corrected chi connectivity index (χ4v) is 4.27. The molecule has 202 valence electrons. The Bertz CT molecular complexity index is 1410. The number of halogens is 3. The third-order valence-electron chi connectivity index (χ3n) is 6.39. The zero-order chi connectivity index (χ0) is 28.0. The van der Waals surface area contributed by atoms with Gasteiger partial charge < -0.3 is 20.1 Å². The predicted molar refractivity (Wildman–Crippen MR) is 136 cm³/mol. The zero-order valence-corrected chi connectivity index (χ0v) is 21.0. The second-order valence-electron chi connectivity index (χ2n) is 8.90. The van der Waals surface area contributed by atoms with Gasteiger partial charge in [-0.15, -0.1) is 0 Å². The Kier molecular flexibility index (Phi) is 8.34. The molecule has 2 heterocycles. The van der Waals surface area contributed by atoms with Crippen molar-refractivity contribution in [2.24, 2.45) is 0 Å². The van der Waals surface area contributed by atoms with Crippen molar-refractivity contribution in [3.05, 3.63) is 82.7 Å². The first-order valence-corrected chi connectivity index (χ1v) is 12.1. The van der Waals surface area contributed by atoms with Gasteiger partial charge >= 0.3 is 18.2 Å². The van der Waals surface area contributed by atoms with Crippen LogP contribution < -0.4 is 5.32 Å². The number of esters is 1. The number of rotatable bonds is 5. The Morgan fingerprint density at radius 1 is 1.10 bits per heavy atom. The topological polar surface area (TPSA) is 105 Å². The van der Waals surface area contributed by atoms with E-state index in [-0.39, 0.29) is 18.3 Å². The van der Waals surface area contributed by atoms with E-state index in [2.05, 4.69) is 31.9 Å². The first-order chi connectivity index (χ1) is 18.6. The van der Waals surface area contributed by atoms with E-state index < -0.39 is 29.5 Å². The van der Waals surface area contributed by atoms with E-state index in [1.807, 2.05) is 12.1 Å². The van der Waals surface area contributed by atoms with Crippen LogP contribution in [0.4, 0.5) is 29.6 Å². The minimum Gasteiger partial charge on any atom is -0.469 e. The number of carbonyl (C=O) groups is 2. The number of alkyl halides is 3. The van der Waals surface area contributed by atoms with E-state index in [0.29, 0.717) is 48.9 Å². The summed E-state index contributed by atoms with van der Waals surface area (Å²) < 4.78 is 45.6. The fourth-order valence-electron chi connectivity index (χ4n) is 4.27. The number of piperidine rings is 1. The van der Waals surface area contributed by atoms with Crippen molar-refractivity contribution in [2.45, 2.75) is 31.4 Å². The molecule has 2 aromatic carbocycles. The molecule has 39 heavy (non-hydrogen) atoms. The lowest BCUT2D eigenvalue weighted by Crippen LogP contribution is -2.36. The summed E-state index contributed by atoms with van der Waals surface area (Å²) in [5.41, 5.74) is 0.948. The number of carboxylic acid groups (broad SMARTS) is 1. The van der Waals surface area contributed by atoms with Gasteiger partial charge in [-0.1, -0.05) is 36.3 Å². The van der Waals surface area contributed by atoms with Crippen LogP contribution in [0.25, 0.3) is 0 Å². The normalized spacial score (nSPS) is 13.8. The molecule has 0 atom stereocenters. The third-order valence-corrected chi connectivity index (χ3v) is 6.39. The molecule has 0 unspecified atom stereocenters. The molecular formula is C28H25F3N4O4. The SMILES string of the molecule is COC(=O)Cc1ccccc1C#Cc1nc(Nc2ccc(C3CCN(C(=O)O)CC3)cc2)ncc1C(F)(F)F. The number of hydrogen-bond acceptors (Lipinski definition) is 6. The van der Waals surface area contributed by atoms with Crippen LogP contribution in [0.2, 0.25) is 0 Å². The van der Waals surface area contributed by atoms with Crippen molar-refractivity contribution in [2.75, 3.05) is 25.5 Å². The molecule has 0 aliphatic carbocycles. The molecule has 11 heteroatoms. The quantitative estimate of drug-likeness (QED) is 0.339. The fraction of sp³-hybridized carbons (Fsp3) is 0.286. The van der Waals surface area contributed by atoms with Gasteiger partial charge in [0.15, 0.2) is 0 Å². The highest BCUT2D eigenvalue weighted by atomic mass is 19.4. The van der Waals surface area contributed by atoms with Crippen LogP contribution in [0, 0.1) is 11.8 Å². The standard InChI is InChI=1S/C28H25F3N4O4/c1-39-25(36)16-21-5-3-2-4-18(21)8-11-24-23(28(29,30)31)17-32-26(34-24)33-22-9-6-19(7-10-22)20-12-14-35(15-13-20)27(37)38/h2-7,9-10,17,20H,12-16H2,1H3,(H,37,38)(H,32,33,34). The molecule has 1 aliphatic rings. The van der Waals surface area contributed by atoms with E-state index in [1.54, 1.807) is 36.4 Å². The molecule has 4 rings (SSSR count). The number of anilines is 2. The molecule has 0 saturated carbocycles. The van der Waals surface area contributed by atoms with Crippen LogP contribution in [-0.4, -0.2) is 52.2 Å². The molecule has 0 spiro atoms. The van der Waals surface area contributed by atoms with Crippen molar-refractivity contribution >= 4 is 23.7 Å². The summed E-state index contributed by atoms with van der Waals surface area (Å²) in [7, 11) is 1.25. The second-order valence-corrected chi connectivity index (χ2v) is 8.90. The number of likely N-dealkylation sites (tertiary alicyclic amines) is 1. The van der Waals surface area contributed by atoms with Crippen LogP contribution in [0.3, 0.4) is 0 Å². The van der Waals surface area contributed by atoms with Gasteiger partial charge in [0, 0.05) is 30.5 Å². The third kappa shape index (κ3) is 7.04. The summed E-state index contributed by atoms with van der Waals surface area (Å²) in [6.07, 6.45) is -3.59. The van der Waals surface area contributed by atoms with Gasteiger partial charge in [0.25, 0.3) is 0 Å². The molecule has 2 N–H and O–H groups in total. The van der Waals surface area contributed by atoms with Crippen LogP contribution in [0.15, 0.2) is 54.7 Å². The maximum atomic E-state index is 13.7. The summed E-state index contributed by atoms with van der Waals surface area (Å²) in [6, 6.07) is 14.0. The van der Waals surface area contributed by atoms with Gasteiger partial charge in [0.1, 0.15) is 11.3 Å². The average molecular weight is 539 g/mol. The van der Waals surface area contributed by atoms with Crippen molar-refractivity contribution in [3.63, 3.8) is 0 Å². The van der Waals surface area contributed by atoms with E-state index >= 15 is 0 Å². The monoisotopic (exact) mass is 538 g/mol. The number of carbonyl (C=O) groups excluding carboxylic acids is 1. The van der Waals surface area contributed by atoms with E-state index in [1.165, 1.54) is 12.0 Å². The van der Waals surface area contributed by atoms with Gasteiger partial charge in [-0.05, 0) is 54.0 Å². The van der Waals surface area contributed by atoms with Gasteiger partial charge in [-0.3, -0.25) is 4.79 Å². The van der Waals surface area contributed by atoms with E-state index in [4.69, 9.17) is 5.11 Å². The van der Waals surface area contributed by atoms with Gasteiger partial charge in [0.05, 0.1) is 13.5 Å². The number of nitrogens with zero attached hydrogens (tertiary/aromatic N) is 3. The van der Waals surface area contributed by atoms with Gasteiger partial charge in [-0.25, -0.2) is 14.8 Å². The maximum Gasteiger partial charge on any atom is 0.420 e. The largest absolute Gasteiger partial charge is 0.469 e. The number of benzene rings is 2. The Labute approximate surface area is 222 Å². The first-order valence-electron chi connectivity index (χ1n) is 12.1. The van der Waals surface area contributed by atoms with Gasteiger partial charge in [0.2, 0.25) is 5.95 Å². The molecule has 0 radical (unpaired) electrons.